The van der Waals surface area contributed by atoms with Crippen LogP contribution in [0.1, 0.15) is 35.2 Å². The van der Waals surface area contributed by atoms with Gasteiger partial charge in [-0.1, -0.05) is 18.1 Å². The summed E-state index contributed by atoms with van der Waals surface area (Å²) in [7, 11) is 1.59. The molecule has 0 radical (unpaired) electrons. The fraction of sp³-hybridized carbons (Fsp3) is 0.500. The molecule has 2 N–H and O–H groups in total. The van der Waals surface area contributed by atoms with E-state index in [9.17, 15) is 4.79 Å². The maximum atomic E-state index is 12.4. The molecule has 1 aliphatic carbocycles. The minimum atomic E-state index is -0.0364. The number of aryl methyl sites for hydroxylation is 1. The highest BCUT2D eigenvalue weighted by atomic mass is 16.5. The number of ketones is 1. The van der Waals surface area contributed by atoms with E-state index >= 15 is 0 Å². The summed E-state index contributed by atoms with van der Waals surface area (Å²) < 4.78 is 5.25. The second kappa shape index (κ2) is 4.88. The number of methoxy groups -OCH3 is 1. The Bertz CT molecular complexity index is 428. The Kier molecular flexibility index (Phi) is 3.48. The fourth-order valence-electron chi connectivity index (χ4n) is 2.53. The molecule has 0 aliphatic heterocycles. The van der Waals surface area contributed by atoms with Crippen LogP contribution in [0.5, 0.6) is 5.75 Å². The van der Waals surface area contributed by atoms with E-state index in [0.717, 1.165) is 24.8 Å². The zero-order valence-corrected chi connectivity index (χ0v) is 10.4. The lowest BCUT2D eigenvalue weighted by Crippen LogP contribution is -2.30. The van der Waals surface area contributed by atoms with Gasteiger partial charge in [-0.25, -0.2) is 0 Å². The van der Waals surface area contributed by atoms with Gasteiger partial charge in [0.1, 0.15) is 5.75 Å². The molecule has 17 heavy (non-hydrogen) atoms. The standard InChI is InChI=1S/C14H19NO2/c1-9-6-7-13(17-2)11(8-9)14(16)10-4-3-5-12(10)15/h6-8,10,12H,3-5,15H2,1-2H3. The highest BCUT2D eigenvalue weighted by Gasteiger charge is 2.32. The van der Waals surface area contributed by atoms with Crippen molar-refractivity contribution < 1.29 is 9.53 Å². The van der Waals surface area contributed by atoms with E-state index in [2.05, 4.69) is 0 Å². The molecule has 0 amide bonds. The van der Waals surface area contributed by atoms with Crippen molar-refractivity contribution in [3.8, 4) is 5.75 Å². The molecular weight excluding hydrogens is 214 g/mol. The second-order valence-electron chi connectivity index (χ2n) is 4.77. The Balaban J connectivity index is 2.32. The van der Waals surface area contributed by atoms with Gasteiger partial charge in [0.2, 0.25) is 0 Å². The van der Waals surface area contributed by atoms with Gasteiger partial charge in [-0.2, -0.15) is 0 Å². The highest BCUT2D eigenvalue weighted by molar-refractivity contribution is 6.01. The van der Waals surface area contributed by atoms with E-state index in [0.29, 0.717) is 11.3 Å². The van der Waals surface area contributed by atoms with Gasteiger partial charge in [-0.05, 0) is 31.9 Å². The van der Waals surface area contributed by atoms with Crippen LogP contribution in [-0.2, 0) is 0 Å². The summed E-state index contributed by atoms with van der Waals surface area (Å²) in [6.07, 6.45) is 2.90. The molecule has 0 saturated heterocycles. The third-order valence-corrected chi connectivity index (χ3v) is 3.53. The van der Waals surface area contributed by atoms with E-state index in [1.165, 1.54) is 0 Å². The average molecular weight is 233 g/mol. The van der Waals surface area contributed by atoms with Gasteiger partial charge in [0.15, 0.2) is 5.78 Å². The highest BCUT2D eigenvalue weighted by Crippen LogP contribution is 2.31. The minimum Gasteiger partial charge on any atom is -0.496 e. The van der Waals surface area contributed by atoms with Crippen molar-refractivity contribution in [2.24, 2.45) is 11.7 Å². The molecule has 1 saturated carbocycles. The molecule has 1 aliphatic rings. The van der Waals surface area contributed by atoms with Gasteiger partial charge in [-0.15, -0.1) is 0 Å². The Morgan fingerprint density at radius 2 is 2.18 bits per heavy atom. The molecule has 2 rings (SSSR count). The maximum Gasteiger partial charge on any atom is 0.171 e. The van der Waals surface area contributed by atoms with E-state index in [1.54, 1.807) is 7.11 Å². The smallest absolute Gasteiger partial charge is 0.171 e. The number of carbonyl (C=O) groups excluding carboxylic acids is 1. The molecule has 3 heteroatoms. The lowest BCUT2D eigenvalue weighted by molar-refractivity contribution is 0.0910. The van der Waals surface area contributed by atoms with Gasteiger partial charge in [0.05, 0.1) is 12.7 Å². The predicted octanol–water partition coefficient (Wildman–Crippen LogP) is 2.31. The van der Waals surface area contributed by atoms with Crippen molar-refractivity contribution in [1.29, 1.82) is 0 Å². The summed E-state index contributed by atoms with van der Waals surface area (Å²) in [6.45, 7) is 1.98. The Hall–Kier alpha value is -1.35. The SMILES string of the molecule is COc1ccc(C)cc1C(=O)C1CCCC1N. The number of Topliss-reactive ketones (excluding diaryl/α,β-unsaturated/α-hetero) is 1. The second-order valence-corrected chi connectivity index (χ2v) is 4.77. The summed E-state index contributed by atoms with van der Waals surface area (Å²) in [6, 6.07) is 5.70. The topological polar surface area (TPSA) is 52.3 Å². The van der Waals surface area contributed by atoms with Crippen LogP contribution in [0.3, 0.4) is 0 Å². The molecule has 0 aromatic heterocycles. The summed E-state index contributed by atoms with van der Waals surface area (Å²) >= 11 is 0. The van der Waals surface area contributed by atoms with Crippen molar-refractivity contribution >= 4 is 5.78 Å². The third-order valence-electron chi connectivity index (χ3n) is 3.53. The number of hydrogen-bond donors (Lipinski definition) is 1. The molecule has 0 bridgehead atoms. The number of ether oxygens (including phenoxy) is 1. The van der Waals surface area contributed by atoms with Gasteiger partial charge >= 0.3 is 0 Å². The summed E-state index contributed by atoms with van der Waals surface area (Å²) in [5, 5.41) is 0. The molecule has 3 nitrogen and oxygen atoms in total. The van der Waals surface area contributed by atoms with Gasteiger partial charge in [0.25, 0.3) is 0 Å². The first-order valence-corrected chi connectivity index (χ1v) is 6.08. The van der Waals surface area contributed by atoms with Crippen molar-refractivity contribution in [1.82, 2.24) is 0 Å². The van der Waals surface area contributed by atoms with Crippen LogP contribution >= 0.6 is 0 Å². The van der Waals surface area contributed by atoms with Crippen molar-refractivity contribution in [2.45, 2.75) is 32.2 Å². The number of benzene rings is 1. The molecule has 1 aromatic rings. The molecule has 2 atom stereocenters. The summed E-state index contributed by atoms with van der Waals surface area (Å²) in [5.74, 6) is 0.751. The Morgan fingerprint density at radius 1 is 1.41 bits per heavy atom. The first-order chi connectivity index (χ1) is 8.13. The summed E-state index contributed by atoms with van der Waals surface area (Å²) in [5.41, 5.74) is 7.73. The average Bonchev–Trinajstić information content (AvgIpc) is 2.74. The minimum absolute atomic E-state index is 0.00715. The lowest BCUT2D eigenvalue weighted by Gasteiger charge is -2.16. The van der Waals surface area contributed by atoms with Gasteiger partial charge < -0.3 is 10.5 Å². The summed E-state index contributed by atoms with van der Waals surface area (Å²) in [4.78, 5) is 12.4. The van der Waals surface area contributed by atoms with Crippen molar-refractivity contribution in [2.75, 3.05) is 7.11 Å². The van der Waals surface area contributed by atoms with Crippen LogP contribution in [0.4, 0.5) is 0 Å². The molecule has 0 heterocycles. The van der Waals surface area contributed by atoms with Gasteiger partial charge in [-0.3, -0.25) is 4.79 Å². The first-order valence-electron chi connectivity index (χ1n) is 6.08. The Labute approximate surface area is 102 Å². The van der Waals surface area contributed by atoms with Crippen molar-refractivity contribution in [3.63, 3.8) is 0 Å². The molecule has 92 valence electrons. The zero-order chi connectivity index (χ0) is 12.4. The van der Waals surface area contributed by atoms with E-state index in [1.807, 2.05) is 25.1 Å². The van der Waals surface area contributed by atoms with Crippen LogP contribution in [0.25, 0.3) is 0 Å². The van der Waals surface area contributed by atoms with Crippen LogP contribution < -0.4 is 10.5 Å². The fourth-order valence-corrected chi connectivity index (χ4v) is 2.53. The van der Waals surface area contributed by atoms with Gasteiger partial charge in [0, 0.05) is 12.0 Å². The van der Waals surface area contributed by atoms with Crippen LogP contribution in [-0.4, -0.2) is 18.9 Å². The van der Waals surface area contributed by atoms with Crippen LogP contribution in [0.15, 0.2) is 18.2 Å². The van der Waals surface area contributed by atoms with Crippen molar-refractivity contribution in [3.05, 3.63) is 29.3 Å². The third kappa shape index (κ3) is 2.34. The Morgan fingerprint density at radius 3 is 2.76 bits per heavy atom. The first kappa shape index (κ1) is 12.1. The molecule has 1 fully saturated rings. The number of rotatable bonds is 3. The zero-order valence-electron chi connectivity index (χ0n) is 10.4. The number of carbonyl (C=O) groups is 1. The quantitative estimate of drug-likeness (QED) is 0.815. The maximum absolute atomic E-state index is 12.4. The largest absolute Gasteiger partial charge is 0.496 e. The molecule has 2 unspecified atom stereocenters. The monoisotopic (exact) mass is 233 g/mol. The molecule has 0 spiro atoms. The normalized spacial score (nSPS) is 23.7. The van der Waals surface area contributed by atoms with E-state index < -0.39 is 0 Å². The number of hydrogen-bond acceptors (Lipinski definition) is 3. The number of nitrogens with two attached hydrogens (primary N) is 1. The molecular formula is C14H19NO2. The van der Waals surface area contributed by atoms with Crippen LogP contribution in [0, 0.1) is 12.8 Å². The van der Waals surface area contributed by atoms with E-state index in [-0.39, 0.29) is 17.7 Å². The molecule has 1 aromatic carbocycles. The van der Waals surface area contributed by atoms with E-state index in [4.69, 9.17) is 10.5 Å². The lowest BCUT2D eigenvalue weighted by atomic mass is 9.92. The van der Waals surface area contributed by atoms with Crippen LogP contribution in [0.2, 0.25) is 0 Å². The predicted molar refractivity (Wildman–Crippen MR) is 67.4 cm³/mol.